The van der Waals surface area contributed by atoms with Gasteiger partial charge in [-0.3, -0.25) is 9.36 Å². The number of aromatic nitrogens is 4. The van der Waals surface area contributed by atoms with Crippen LogP contribution in [0.3, 0.4) is 0 Å². The number of hydrogen-bond donors (Lipinski definition) is 0. The first-order valence-corrected chi connectivity index (χ1v) is 11.1. The minimum atomic E-state index is -1.34. The van der Waals surface area contributed by atoms with E-state index in [1.54, 1.807) is 56.0 Å². The quantitative estimate of drug-likeness (QED) is 0.320. The second-order valence-corrected chi connectivity index (χ2v) is 8.54. The Hall–Kier alpha value is -3.77. The lowest BCUT2D eigenvalue weighted by atomic mass is 9.98. The normalized spacial score (nSPS) is 11.7. The highest BCUT2D eigenvalue weighted by atomic mass is 35.5. The van der Waals surface area contributed by atoms with Gasteiger partial charge in [-0.1, -0.05) is 53.6 Å². The summed E-state index contributed by atoms with van der Waals surface area (Å²) in [7, 11) is 3.61. The lowest BCUT2D eigenvalue weighted by molar-refractivity contribution is 0.401. The molecule has 0 N–H and O–H groups in total. The molecule has 0 saturated heterocycles. The van der Waals surface area contributed by atoms with E-state index in [0.29, 0.717) is 21.8 Å². The van der Waals surface area contributed by atoms with Gasteiger partial charge < -0.3 is 4.57 Å². The van der Waals surface area contributed by atoms with E-state index in [1.807, 2.05) is 49.0 Å². The first-order chi connectivity index (χ1) is 16.3. The number of pyridine rings is 2. The maximum atomic E-state index is 15.2. The predicted molar refractivity (Wildman–Crippen MR) is 135 cm³/mol. The van der Waals surface area contributed by atoms with Crippen LogP contribution in [0.25, 0.3) is 22.2 Å². The summed E-state index contributed by atoms with van der Waals surface area (Å²) in [4.78, 5) is 20.6. The van der Waals surface area contributed by atoms with Crippen LogP contribution in [0.2, 0.25) is 5.02 Å². The Labute approximate surface area is 202 Å². The fourth-order valence-corrected chi connectivity index (χ4v) is 3.81. The van der Waals surface area contributed by atoms with Crippen molar-refractivity contribution in [1.82, 2.24) is 19.1 Å². The summed E-state index contributed by atoms with van der Waals surface area (Å²) in [6.45, 7) is 1.99. The molecule has 0 aliphatic rings. The lowest BCUT2D eigenvalue weighted by Gasteiger charge is -2.14. The van der Waals surface area contributed by atoms with E-state index in [0.717, 1.165) is 22.1 Å². The second-order valence-electron chi connectivity index (χ2n) is 8.11. The molecule has 7 heteroatoms. The largest absolute Gasteiger partial charge is 0.341 e. The summed E-state index contributed by atoms with van der Waals surface area (Å²) in [5.74, 6) is 0. The van der Waals surface area contributed by atoms with Gasteiger partial charge in [0.05, 0.1) is 6.33 Å². The van der Waals surface area contributed by atoms with Gasteiger partial charge in [0.25, 0.3) is 5.56 Å². The van der Waals surface area contributed by atoms with E-state index in [4.69, 9.17) is 11.6 Å². The molecule has 0 fully saturated rings. The fourth-order valence-electron chi connectivity index (χ4n) is 3.68. The molecule has 0 saturated carbocycles. The van der Waals surface area contributed by atoms with Crippen molar-refractivity contribution in [3.05, 3.63) is 118 Å². The molecular formula is C27H24ClFN4O. The van der Waals surface area contributed by atoms with Gasteiger partial charge in [0.2, 0.25) is 0 Å². The molecule has 0 aliphatic carbocycles. The minimum Gasteiger partial charge on any atom is -0.341 e. The standard InChI is InChI=1S/C23H18ClFN2O.C4H6N2/c1-14-4-3-5-16(10-14)19-12-21(28)27(2)23-20(19)11-17(13-26-23)22(25)15-6-8-18(24)9-7-15;1-6-3-2-5-4-6/h3-13,22H,1-2H3;2-4H,1H3. The molecule has 0 aliphatic heterocycles. The highest BCUT2D eigenvalue weighted by molar-refractivity contribution is 6.30. The molecule has 5 aromatic rings. The van der Waals surface area contributed by atoms with Gasteiger partial charge in [-0.05, 0) is 41.8 Å². The predicted octanol–water partition coefficient (Wildman–Crippen LogP) is 6.04. The van der Waals surface area contributed by atoms with Gasteiger partial charge >= 0.3 is 0 Å². The molecule has 0 bridgehead atoms. The Morgan fingerprint density at radius 1 is 1.00 bits per heavy atom. The smallest absolute Gasteiger partial charge is 0.252 e. The number of benzene rings is 2. The number of fused-ring (bicyclic) bond motifs is 1. The zero-order chi connectivity index (χ0) is 24.2. The molecule has 0 amide bonds. The van der Waals surface area contributed by atoms with Crippen molar-refractivity contribution in [2.24, 2.45) is 14.1 Å². The molecule has 0 radical (unpaired) electrons. The van der Waals surface area contributed by atoms with Crippen LogP contribution in [-0.4, -0.2) is 19.1 Å². The Morgan fingerprint density at radius 3 is 2.38 bits per heavy atom. The van der Waals surface area contributed by atoms with Crippen LogP contribution < -0.4 is 5.56 Å². The maximum absolute atomic E-state index is 15.2. The van der Waals surface area contributed by atoms with E-state index in [-0.39, 0.29) is 5.56 Å². The van der Waals surface area contributed by atoms with Crippen LogP contribution in [0, 0.1) is 6.92 Å². The van der Waals surface area contributed by atoms with Crippen molar-refractivity contribution in [2.45, 2.75) is 13.1 Å². The van der Waals surface area contributed by atoms with Gasteiger partial charge in [0.15, 0.2) is 6.17 Å². The fraction of sp³-hybridized carbons (Fsp3) is 0.148. The zero-order valence-electron chi connectivity index (χ0n) is 19.1. The first kappa shape index (κ1) is 23.4. The van der Waals surface area contributed by atoms with Crippen molar-refractivity contribution < 1.29 is 4.39 Å². The Balaban J connectivity index is 0.000000398. The van der Waals surface area contributed by atoms with Crippen molar-refractivity contribution in [1.29, 1.82) is 0 Å². The molecule has 172 valence electrons. The van der Waals surface area contributed by atoms with E-state index in [2.05, 4.69) is 9.97 Å². The number of rotatable bonds is 3. The van der Waals surface area contributed by atoms with Crippen molar-refractivity contribution >= 4 is 22.6 Å². The SMILES string of the molecule is Cc1cccc(-c2cc(=O)n(C)c3ncc(C(F)c4ccc(Cl)cc4)cc23)c1.Cn1ccnc1. The number of alkyl halides is 1. The second kappa shape index (κ2) is 10.0. The summed E-state index contributed by atoms with van der Waals surface area (Å²) in [6.07, 6.45) is 5.54. The van der Waals surface area contributed by atoms with Gasteiger partial charge in [-0.15, -0.1) is 0 Å². The van der Waals surface area contributed by atoms with Crippen molar-refractivity contribution in [3.8, 4) is 11.1 Å². The van der Waals surface area contributed by atoms with Crippen molar-refractivity contribution in [2.75, 3.05) is 0 Å². The number of nitrogens with zero attached hydrogens (tertiary/aromatic N) is 4. The third kappa shape index (κ3) is 5.07. The van der Waals surface area contributed by atoms with Crippen molar-refractivity contribution in [3.63, 3.8) is 0 Å². The Bertz CT molecular complexity index is 1480. The van der Waals surface area contributed by atoms with Crippen LogP contribution >= 0.6 is 11.6 Å². The number of aryl methyl sites for hydroxylation is 3. The lowest BCUT2D eigenvalue weighted by Crippen LogP contribution is -2.17. The molecule has 0 spiro atoms. The number of imidazole rings is 1. The average Bonchev–Trinajstić information content (AvgIpc) is 3.32. The van der Waals surface area contributed by atoms with E-state index < -0.39 is 6.17 Å². The number of hydrogen-bond acceptors (Lipinski definition) is 3. The minimum absolute atomic E-state index is 0.154. The summed E-state index contributed by atoms with van der Waals surface area (Å²) in [6, 6.07) is 17.9. The highest BCUT2D eigenvalue weighted by Gasteiger charge is 2.17. The monoisotopic (exact) mass is 474 g/mol. The summed E-state index contributed by atoms with van der Waals surface area (Å²) < 4.78 is 18.5. The van der Waals surface area contributed by atoms with E-state index >= 15 is 4.39 Å². The Kier molecular flexibility index (Phi) is 6.89. The molecule has 1 atom stereocenters. The summed E-state index contributed by atoms with van der Waals surface area (Å²) in [5.41, 5.74) is 4.05. The molecule has 5 rings (SSSR count). The number of halogens is 2. The van der Waals surface area contributed by atoms with Crippen LogP contribution in [0.1, 0.15) is 22.9 Å². The highest BCUT2D eigenvalue weighted by Crippen LogP contribution is 2.32. The molecular weight excluding hydrogens is 451 g/mol. The first-order valence-electron chi connectivity index (χ1n) is 10.7. The summed E-state index contributed by atoms with van der Waals surface area (Å²) in [5, 5.41) is 1.30. The van der Waals surface area contributed by atoms with Crippen LogP contribution in [0.4, 0.5) is 4.39 Å². The van der Waals surface area contributed by atoms with E-state index in [9.17, 15) is 4.79 Å². The van der Waals surface area contributed by atoms with Gasteiger partial charge in [0, 0.05) is 54.7 Å². The third-order valence-corrected chi connectivity index (χ3v) is 5.77. The van der Waals surface area contributed by atoms with E-state index in [1.165, 1.54) is 10.8 Å². The molecule has 5 nitrogen and oxygen atoms in total. The zero-order valence-corrected chi connectivity index (χ0v) is 19.9. The van der Waals surface area contributed by atoms with Gasteiger partial charge in [0.1, 0.15) is 5.65 Å². The summed E-state index contributed by atoms with van der Waals surface area (Å²) >= 11 is 5.91. The Morgan fingerprint density at radius 2 is 1.76 bits per heavy atom. The third-order valence-electron chi connectivity index (χ3n) is 5.52. The van der Waals surface area contributed by atoms with Crippen LogP contribution in [-0.2, 0) is 14.1 Å². The van der Waals surface area contributed by atoms with Gasteiger partial charge in [-0.25, -0.2) is 14.4 Å². The topological polar surface area (TPSA) is 52.7 Å². The molecule has 2 aromatic carbocycles. The average molecular weight is 475 g/mol. The molecule has 3 aromatic heterocycles. The van der Waals surface area contributed by atoms with Gasteiger partial charge in [-0.2, -0.15) is 0 Å². The molecule has 34 heavy (non-hydrogen) atoms. The molecule has 3 heterocycles. The maximum Gasteiger partial charge on any atom is 0.252 e. The van der Waals surface area contributed by atoms with Crippen LogP contribution in [0.5, 0.6) is 0 Å². The van der Waals surface area contributed by atoms with Crippen LogP contribution in [0.15, 0.2) is 90.4 Å². The molecule has 1 unspecified atom stereocenters.